The first kappa shape index (κ1) is 18.3. The molecule has 0 radical (unpaired) electrons. The van der Waals surface area contributed by atoms with Gasteiger partial charge in [-0.25, -0.2) is 4.79 Å². The van der Waals surface area contributed by atoms with Gasteiger partial charge in [0.25, 0.3) is 0 Å². The Kier molecular flexibility index (Phi) is 4.00. The van der Waals surface area contributed by atoms with Crippen molar-refractivity contribution in [3.8, 4) is 5.75 Å². The van der Waals surface area contributed by atoms with Crippen LogP contribution in [-0.2, 0) is 9.59 Å². The van der Waals surface area contributed by atoms with E-state index in [1.807, 2.05) is 36.4 Å². The van der Waals surface area contributed by atoms with Gasteiger partial charge in [0.15, 0.2) is 0 Å². The van der Waals surface area contributed by atoms with Gasteiger partial charge in [-0.2, -0.15) is 0 Å². The fraction of sp³-hybridized carbons (Fsp3) is 0.269. The van der Waals surface area contributed by atoms with Gasteiger partial charge in [-0.05, 0) is 72.2 Å². The molecule has 6 rings (SSSR count). The largest absolute Gasteiger partial charge is 0.423 e. The lowest BCUT2D eigenvalue weighted by Gasteiger charge is -2.19. The summed E-state index contributed by atoms with van der Waals surface area (Å²) >= 11 is 0. The van der Waals surface area contributed by atoms with Gasteiger partial charge in [-0.3, -0.25) is 14.5 Å². The third kappa shape index (κ3) is 2.80. The zero-order chi connectivity index (χ0) is 21.1. The summed E-state index contributed by atoms with van der Waals surface area (Å²) in [4.78, 5) is 40.2. The highest BCUT2D eigenvalue weighted by Gasteiger charge is 2.61. The zero-order valence-electron chi connectivity index (χ0n) is 16.9. The van der Waals surface area contributed by atoms with E-state index in [0.717, 1.165) is 30.0 Å². The van der Waals surface area contributed by atoms with Crippen molar-refractivity contribution in [3.63, 3.8) is 0 Å². The molecule has 0 unspecified atom stereocenters. The third-order valence-electron chi connectivity index (χ3n) is 7.20. The molecule has 1 heterocycles. The number of carbonyl (C=O) groups excluding carboxylic acids is 3. The number of amides is 2. The van der Waals surface area contributed by atoms with Crippen LogP contribution in [0.2, 0.25) is 0 Å². The second kappa shape index (κ2) is 6.77. The van der Waals surface area contributed by atoms with E-state index in [-0.39, 0.29) is 23.7 Å². The molecular formula is C26H21NO4. The molecule has 2 bridgehead atoms. The molecule has 4 atom stereocenters. The molecule has 3 aromatic carbocycles. The van der Waals surface area contributed by atoms with Crippen LogP contribution in [-0.4, -0.2) is 17.8 Å². The molecule has 154 valence electrons. The summed E-state index contributed by atoms with van der Waals surface area (Å²) in [6.45, 7) is 0. The maximum Gasteiger partial charge on any atom is 0.343 e. The molecule has 1 saturated heterocycles. The molecule has 0 spiro atoms. The third-order valence-corrected chi connectivity index (χ3v) is 7.20. The molecule has 2 amide bonds. The van der Waals surface area contributed by atoms with E-state index in [1.165, 1.54) is 4.90 Å². The molecular weight excluding hydrogens is 390 g/mol. The number of hydrogen-bond acceptors (Lipinski definition) is 4. The summed E-state index contributed by atoms with van der Waals surface area (Å²) in [5, 5.41) is 2.05. The average molecular weight is 411 g/mol. The smallest absolute Gasteiger partial charge is 0.343 e. The van der Waals surface area contributed by atoms with Crippen molar-refractivity contribution >= 4 is 34.2 Å². The SMILES string of the molecule is O=C(Oc1ccc2ccccc2c1)c1cccc(N2C(=O)[C@H]3[C@@H]4CC[C@@H](C4)[C@@H]3C2=O)c1. The predicted octanol–water partition coefficient (Wildman–Crippen LogP) is 4.59. The number of imide groups is 1. The van der Waals surface area contributed by atoms with Crippen molar-refractivity contribution in [2.45, 2.75) is 19.3 Å². The standard InChI is InChI=1S/C26H21NO4/c28-24-22-17-8-9-18(12-17)23(22)25(29)27(24)20-7-3-6-19(13-20)26(30)31-21-11-10-15-4-1-2-5-16(15)14-21/h1-7,10-11,13-14,17-18,22-23H,8-9,12H2/t17-,18+,22-,23-/m0/s1. The number of hydrogen-bond donors (Lipinski definition) is 0. The maximum absolute atomic E-state index is 13.1. The molecule has 31 heavy (non-hydrogen) atoms. The monoisotopic (exact) mass is 411 g/mol. The summed E-state index contributed by atoms with van der Waals surface area (Å²) in [5.41, 5.74) is 0.767. The molecule has 0 N–H and O–H groups in total. The lowest BCUT2D eigenvalue weighted by Crippen LogP contribution is -2.32. The Hall–Kier alpha value is -3.47. The lowest BCUT2D eigenvalue weighted by molar-refractivity contribution is -0.123. The van der Waals surface area contributed by atoms with Crippen LogP contribution in [0.25, 0.3) is 10.8 Å². The molecule has 2 saturated carbocycles. The number of carbonyl (C=O) groups is 3. The summed E-state index contributed by atoms with van der Waals surface area (Å²) in [7, 11) is 0. The second-order valence-corrected chi connectivity index (χ2v) is 8.85. The van der Waals surface area contributed by atoms with Crippen LogP contribution in [0, 0.1) is 23.7 Å². The van der Waals surface area contributed by atoms with Gasteiger partial charge in [0.2, 0.25) is 11.8 Å². The van der Waals surface area contributed by atoms with Crippen LogP contribution in [0.4, 0.5) is 5.69 Å². The quantitative estimate of drug-likeness (QED) is 0.359. The summed E-state index contributed by atoms with van der Waals surface area (Å²) in [6.07, 6.45) is 3.08. The Balaban J connectivity index is 1.26. The highest BCUT2D eigenvalue weighted by Crippen LogP contribution is 2.56. The first-order chi connectivity index (χ1) is 15.1. The summed E-state index contributed by atoms with van der Waals surface area (Å²) in [6, 6.07) is 20.0. The lowest BCUT2D eigenvalue weighted by atomic mass is 9.81. The number of fused-ring (bicyclic) bond motifs is 6. The molecule has 2 aliphatic carbocycles. The fourth-order valence-corrected chi connectivity index (χ4v) is 5.83. The number of anilines is 1. The van der Waals surface area contributed by atoms with E-state index >= 15 is 0 Å². The molecule has 3 fully saturated rings. The normalized spacial score (nSPS) is 26.5. The van der Waals surface area contributed by atoms with Gasteiger partial charge in [-0.15, -0.1) is 0 Å². The van der Waals surface area contributed by atoms with E-state index in [9.17, 15) is 14.4 Å². The Bertz CT molecular complexity index is 1220. The van der Waals surface area contributed by atoms with Crippen molar-refractivity contribution in [2.75, 3.05) is 4.90 Å². The molecule has 1 aliphatic heterocycles. The summed E-state index contributed by atoms with van der Waals surface area (Å²) < 4.78 is 5.57. The van der Waals surface area contributed by atoms with Crippen molar-refractivity contribution in [3.05, 3.63) is 72.3 Å². The topological polar surface area (TPSA) is 63.7 Å². The number of nitrogens with zero attached hydrogens (tertiary/aromatic N) is 1. The van der Waals surface area contributed by atoms with Gasteiger partial charge in [0.05, 0.1) is 23.1 Å². The van der Waals surface area contributed by atoms with Crippen LogP contribution < -0.4 is 9.64 Å². The number of rotatable bonds is 3. The Morgan fingerprint density at radius 1 is 0.806 bits per heavy atom. The highest BCUT2D eigenvalue weighted by molar-refractivity contribution is 6.22. The van der Waals surface area contributed by atoms with Crippen LogP contribution in [0.3, 0.4) is 0 Å². The van der Waals surface area contributed by atoms with Crippen LogP contribution in [0.15, 0.2) is 66.7 Å². The predicted molar refractivity (Wildman–Crippen MR) is 116 cm³/mol. The summed E-state index contributed by atoms with van der Waals surface area (Å²) in [5.74, 6) is 0.0171. The number of ether oxygens (including phenoxy) is 1. The van der Waals surface area contributed by atoms with E-state index in [1.54, 1.807) is 30.3 Å². The van der Waals surface area contributed by atoms with Crippen LogP contribution >= 0.6 is 0 Å². The Morgan fingerprint density at radius 2 is 1.52 bits per heavy atom. The fourth-order valence-electron chi connectivity index (χ4n) is 5.83. The molecule has 3 aromatic rings. The van der Waals surface area contributed by atoms with Gasteiger partial charge < -0.3 is 4.74 Å². The van der Waals surface area contributed by atoms with E-state index in [0.29, 0.717) is 28.8 Å². The number of benzene rings is 3. The van der Waals surface area contributed by atoms with Gasteiger partial charge in [0.1, 0.15) is 5.75 Å². The van der Waals surface area contributed by atoms with Gasteiger partial charge in [-0.1, -0.05) is 36.4 Å². The highest BCUT2D eigenvalue weighted by atomic mass is 16.5. The second-order valence-electron chi connectivity index (χ2n) is 8.85. The average Bonchev–Trinajstić information content (AvgIpc) is 3.47. The van der Waals surface area contributed by atoms with Crippen molar-refractivity contribution < 1.29 is 19.1 Å². The minimum absolute atomic E-state index is 0.109. The van der Waals surface area contributed by atoms with E-state index < -0.39 is 5.97 Å². The van der Waals surface area contributed by atoms with Crippen LogP contribution in [0.1, 0.15) is 29.6 Å². The zero-order valence-corrected chi connectivity index (χ0v) is 16.9. The first-order valence-corrected chi connectivity index (χ1v) is 10.8. The maximum atomic E-state index is 13.1. The Labute approximate surface area is 179 Å². The minimum atomic E-state index is -0.517. The van der Waals surface area contributed by atoms with Crippen molar-refractivity contribution in [1.82, 2.24) is 0 Å². The molecule has 5 heteroatoms. The van der Waals surface area contributed by atoms with Gasteiger partial charge in [0, 0.05) is 0 Å². The van der Waals surface area contributed by atoms with Crippen LogP contribution in [0.5, 0.6) is 5.75 Å². The van der Waals surface area contributed by atoms with Crippen molar-refractivity contribution in [2.24, 2.45) is 23.7 Å². The van der Waals surface area contributed by atoms with Gasteiger partial charge >= 0.3 is 5.97 Å². The molecule has 5 nitrogen and oxygen atoms in total. The first-order valence-electron chi connectivity index (χ1n) is 10.8. The van der Waals surface area contributed by atoms with E-state index in [2.05, 4.69) is 0 Å². The Morgan fingerprint density at radius 3 is 2.26 bits per heavy atom. The van der Waals surface area contributed by atoms with Crippen molar-refractivity contribution in [1.29, 1.82) is 0 Å². The molecule has 3 aliphatic rings. The minimum Gasteiger partial charge on any atom is -0.423 e. The van der Waals surface area contributed by atoms with E-state index in [4.69, 9.17) is 4.74 Å². The number of esters is 1. The molecule has 0 aromatic heterocycles.